The molecule has 1 fully saturated rings. The first-order valence-electron chi connectivity index (χ1n) is 9.18. The van der Waals surface area contributed by atoms with E-state index in [2.05, 4.69) is 97.9 Å². The Labute approximate surface area is 150 Å². The van der Waals surface area contributed by atoms with Crippen LogP contribution in [0.15, 0.2) is 90.5 Å². The van der Waals surface area contributed by atoms with Gasteiger partial charge in [0.05, 0.1) is 0 Å². The Morgan fingerprint density at radius 2 is 1.12 bits per heavy atom. The molecule has 0 bridgehead atoms. The van der Waals surface area contributed by atoms with Crippen molar-refractivity contribution in [2.75, 3.05) is 0 Å². The maximum atomic E-state index is 2.36. The van der Waals surface area contributed by atoms with Crippen LogP contribution < -0.4 is 0 Å². The molecule has 0 atom stereocenters. The number of hydrogen-bond acceptors (Lipinski definition) is 0. The van der Waals surface area contributed by atoms with Crippen LogP contribution in [-0.2, 0) is 5.41 Å². The number of hydrogen-bond donors (Lipinski definition) is 0. The van der Waals surface area contributed by atoms with Crippen LogP contribution in [0, 0.1) is 0 Å². The van der Waals surface area contributed by atoms with Crippen LogP contribution in [0.2, 0.25) is 0 Å². The summed E-state index contributed by atoms with van der Waals surface area (Å²) in [5.41, 5.74) is 6.74. The molecule has 0 saturated heterocycles. The normalized spacial score (nSPS) is 14.0. The first-order chi connectivity index (χ1) is 12.3. The quantitative estimate of drug-likeness (QED) is 0.474. The predicted octanol–water partition coefficient (Wildman–Crippen LogP) is 6.61. The van der Waals surface area contributed by atoms with E-state index < -0.39 is 0 Å². The molecule has 0 radical (unpaired) electrons. The minimum Gasteiger partial charge on any atom is -0.0696 e. The van der Waals surface area contributed by atoms with Crippen LogP contribution in [-0.4, -0.2) is 0 Å². The first-order valence-corrected chi connectivity index (χ1v) is 9.18. The molecule has 0 spiro atoms. The molecule has 0 heteroatoms. The molecular formula is C25H24. The van der Waals surface area contributed by atoms with E-state index in [1.165, 1.54) is 41.5 Å². The summed E-state index contributed by atoms with van der Waals surface area (Å²) in [6, 6.07) is 30.8. The van der Waals surface area contributed by atoms with Crippen molar-refractivity contribution in [3.05, 3.63) is 113 Å². The Morgan fingerprint density at radius 3 is 1.56 bits per heavy atom. The molecule has 3 aromatic rings. The molecule has 4 rings (SSSR count). The Hall–Kier alpha value is -2.60. The second-order valence-corrected chi connectivity index (χ2v) is 7.14. The molecular weight excluding hydrogens is 300 g/mol. The van der Waals surface area contributed by atoms with Gasteiger partial charge in [-0.1, -0.05) is 96.6 Å². The SMILES string of the molecule is CC(c1ccccc1)(c1ccccc1)c1ccc(C=C2CCC2)cc1. The summed E-state index contributed by atoms with van der Waals surface area (Å²) in [7, 11) is 0. The van der Waals surface area contributed by atoms with Crippen LogP contribution in [0.5, 0.6) is 0 Å². The molecule has 0 N–H and O–H groups in total. The van der Waals surface area contributed by atoms with E-state index in [4.69, 9.17) is 0 Å². The lowest BCUT2D eigenvalue weighted by Crippen LogP contribution is -2.25. The van der Waals surface area contributed by atoms with Gasteiger partial charge in [-0.3, -0.25) is 0 Å². The zero-order valence-electron chi connectivity index (χ0n) is 14.8. The van der Waals surface area contributed by atoms with Gasteiger partial charge in [0.2, 0.25) is 0 Å². The molecule has 0 amide bonds. The van der Waals surface area contributed by atoms with Gasteiger partial charge in [0.15, 0.2) is 0 Å². The maximum absolute atomic E-state index is 2.36. The number of rotatable bonds is 4. The zero-order valence-corrected chi connectivity index (χ0v) is 14.8. The van der Waals surface area contributed by atoms with Crippen molar-refractivity contribution in [3.8, 4) is 0 Å². The second-order valence-electron chi connectivity index (χ2n) is 7.14. The van der Waals surface area contributed by atoms with Gasteiger partial charge in [-0.25, -0.2) is 0 Å². The summed E-state index contributed by atoms with van der Waals surface area (Å²) in [5, 5.41) is 0. The van der Waals surface area contributed by atoms with Gasteiger partial charge < -0.3 is 0 Å². The van der Waals surface area contributed by atoms with E-state index in [-0.39, 0.29) is 5.41 Å². The van der Waals surface area contributed by atoms with Gasteiger partial charge in [-0.2, -0.15) is 0 Å². The van der Waals surface area contributed by atoms with Crippen molar-refractivity contribution in [1.82, 2.24) is 0 Å². The largest absolute Gasteiger partial charge is 0.0696 e. The molecule has 1 aliphatic carbocycles. The molecule has 124 valence electrons. The third-order valence-electron chi connectivity index (χ3n) is 5.56. The summed E-state index contributed by atoms with van der Waals surface area (Å²) >= 11 is 0. The Kier molecular flexibility index (Phi) is 4.28. The summed E-state index contributed by atoms with van der Waals surface area (Å²) < 4.78 is 0. The molecule has 0 aromatic heterocycles. The first kappa shape index (κ1) is 15.9. The highest BCUT2D eigenvalue weighted by molar-refractivity contribution is 5.57. The minimum absolute atomic E-state index is 0.148. The lowest BCUT2D eigenvalue weighted by atomic mass is 9.71. The molecule has 0 unspecified atom stereocenters. The highest BCUT2D eigenvalue weighted by atomic mass is 14.3. The number of allylic oxidation sites excluding steroid dienone is 1. The molecule has 1 aliphatic rings. The summed E-state index contributed by atoms with van der Waals surface area (Å²) in [5.74, 6) is 0. The van der Waals surface area contributed by atoms with E-state index in [1.54, 1.807) is 5.57 Å². The third kappa shape index (κ3) is 3.05. The Bertz CT molecular complexity index is 809. The predicted molar refractivity (Wildman–Crippen MR) is 107 cm³/mol. The van der Waals surface area contributed by atoms with E-state index in [1.807, 2.05) is 0 Å². The van der Waals surface area contributed by atoms with Crippen molar-refractivity contribution in [3.63, 3.8) is 0 Å². The van der Waals surface area contributed by atoms with Crippen molar-refractivity contribution in [2.24, 2.45) is 0 Å². The molecule has 0 heterocycles. The van der Waals surface area contributed by atoms with Gasteiger partial charge >= 0.3 is 0 Å². The fourth-order valence-corrected chi connectivity index (χ4v) is 3.72. The lowest BCUT2D eigenvalue weighted by Gasteiger charge is -2.32. The Morgan fingerprint density at radius 1 is 0.640 bits per heavy atom. The van der Waals surface area contributed by atoms with Crippen LogP contribution >= 0.6 is 0 Å². The monoisotopic (exact) mass is 324 g/mol. The topological polar surface area (TPSA) is 0 Å². The van der Waals surface area contributed by atoms with E-state index in [9.17, 15) is 0 Å². The Balaban J connectivity index is 1.78. The maximum Gasteiger partial charge on any atom is 0.0423 e. The van der Waals surface area contributed by atoms with Crippen molar-refractivity contribution < 1.29 is 0 Å². The van der Waals surface area contributed by atoms with Crippen molar-refractivity contribution in [1.29, 1.82) is 0 Å². The summed E-state index contributed by atoms with van der Waals surface area (Å²) in [6.07, 6.45) is 6.25. The summed E-state index contributed by atoms with van der Waals surface area (Å²) in [6.45, 7) is 2.33. The summed E-state index contributed by atoms with van der Waals surface area (Å²) in [4.78, 5) is 0. The molecule has 1 saturated carbocycles. The van der Waals surface area contributed by atoms with Gasteiger partial charge in [0.1, 0.15) is 0 Å². The standard InChI is InChI=1S/C25H24/c1-25(22-11-4-2-5-12-22,23-13-6-3-7-14-23)24-17-15-21(16-18-24)19-20-9-8-10-20/h2-7,11-19H,8-10H2,1H3. The zero-order chi connectivity index (χ0) is 17.1. The van der Waals surface area contributed by atoms with Gasteiger partial charge in [0.25, 0.3) is 0 Å². The molecule has 3 aromatic carbocycles. The second kappa shape index (κ2) is 6.72. The van der Waals surface area contributed by atoms with Gasteiger partial charge in [0, 0.05) is 5.41 Å². The van der Waals surface area contributed by atoms with Crippen LogP contribution in [0.4, 0.5) is 0 Å². The molecule has 25 heavy (non-hydrogen) atoms. The van der Waals surface area contributed by atoms with Gasteiger partial charge in [-0.15, -0.1) is 0 Å². The van der Waals surface area contributed by atoms with Crippen LogP contribution in [0.25, 0.3) is 6.08 Å². The number of benzene rings is 3. The minimum atomic E-state index is -0.148. The van der Waals surface area contributed by atoms with E-state index in [0.29, 0.717) is 0 Å². The lowest BCUT2D eigenvalue weighted by molar-refractivity contribution is 0.670. The fraction of sp³-hybridized carbons (Fsp3) is 0.200. The average Bonchev–Trinajstić information content (AvgIpc) is 2.66. The highest BCUT2D eigenvalue weighted by Gasteiger charge is 2.30. The average molecular weight is 324 g/mol. The highest BCUT2D eigenvalue weighted by Crippen LogP contribution is 2.39. The van der Waals surface area contributed by atoms with E-state index in [0.717, 1.165) is 0 Å². The molecule has 0 nitrogen and oxygen atoms in total. The smallest absolute Gasteiger partial charge is 0.0423 e. The third-order valence-corrected chi connectivity index (χ3v) is 5.56. The van der Waals surface area contributed by atoms with Crippen LogP contribution in [0.3, 0.4) is 0 Å². The van der Waals surface area contributed by atoms with Crippen molar-refractivity contribution in [2.45, 2.75) is 31.6 Å². The van der Waals surface area contributed by atoms with Crippen molar-refractivity contribution >= 4 is 6.08 Å². The molecule has 0 aliphatic heterocycles. The van der Waals surface area contributed by atoms with Gasteiger partial charge in [-0.05, 0) is 48.4 Å². The van der Waals surface area contributed by atoms with Crippen LogP contribution in [0.1, 0.15) is 48.4 Å². The van der Waals surface area contributed by atoms with E-state index >= 15 is 0 Å². The fourth-order valence-electron chi connectivity index (χ4n) is 3.72.